The van der Waals surface area contributed by atoms with Gasteiger partial charge in [0.05, 0.1) is 22.7 Å². The fraction of sp³-hybridized carbons (Fsp3) is 0.321. The molecule has 11 nitrogen and oxygen atoms in total. The van der Waals surface area contributed by atoms with Gasteiger partial charge in [0.15, 0.2) is 11.6 Å². The second-order valence-corrected chi connectivity index (χ2v) is 9.61. The Hall–Kier alpha value is -4.42. The third kappa shape index (κ3) is 6.41. The quantitative estimate of drug-likeness (QED) is 0.0759. The van der Waals surface area contributed by atoms with Gasteiger partial charge < -0.3 is 19.7 Å². The zero-order valence-electron chi connectivity index (χ0n) is 22.8. The fourth-order valence-electron chi connectivity index (χ4n) is 4.57. The summed E-state index contributed by atoms with van der Waals surface area (Å²) in [4.78, 5) is 47.6. The average Bonchev–Trinajstić information content (AvgIpc) is 3.42. The highest BCUT2D eigenvalue weighted by Crippen LogP contribution is 2.28. The number of amides is 1. The number of nitrogens with one attached hydrogen (secondary N) is 1. The van der Waals surface area contributed by atoms with Crippen molar-refractivity contribution in [3.05, 3.63) is 72.1 Å². The van der Waals surface area contributed by atoms with Crippen molar-refractivity contribution in [2.24, 2.45) is 15.8 Å². The number of H-pyrrole nitrogens is 1. The van der Waals surface area contributed by atoms with E-state index in [1.807, 2.05) is 44.4 Å². The van der Waals surface area contributed by atoms with E-state index in [9.17, 15) is 14.0 Å². The van der Waals surface area contributed by atoms with E-state index < -0.39 is 17.5 Å². The summed E-state index contributed by atoms with van der Waals surface area (Å²) < 4.78 is 14.8. The molecule has 0 spiro atoms. The summed E-state index contributed by atoms with van der Waals surface area (Å²) >= 11 is 0. The van der Waals surface area contributed by atoms with Crippen LogP contribution in [0.4, 0.5) is 10.2 Å². The Labute approximate surface area is 232 Å². The van der Waals surface area contributed by atoms with Gasteiger partial charge in [0.2, 0.25) is 0 Å². The average molecular weight is 548 g/mol. The minimum absolute atomic E-state index is 0.0476. The van der Waals surface area contributed by atoms with Crippen molar-refractivity contribution in [3.63, 3.8) is 0 Å². The zero-order valence-corrected chi connectivity index (χ0v) is 22.8. The maximum atomic E-state index is 14.8. The summed E-state index contributed by atoms with van der Waals surface area (Å²) in [5.41, 5.74) is 1.12. The van der Waals surface area contributed by atoms with Gasteiger partial charge in [-0.05, 0) is 33.8 Å². The molecule has 40 heavy (non-hydrogen) atoms. The molecule has 210 valence electrons. The molecule has 3 aromatic rings. The van der Waals surface area contributed by atoms with E-state index in [4.69, 9.17) is 10.8 Å². The van der Waals surface area contributed by atoms with Crippen molar-refractivity contribution in [2.45, 2.75) is 6.42 Å². The van der Waals surface area contributed by atoms with Gasteiger partial charge in [-0.2, -0.15) is 0 Å². The number of nitrogens with two attached hydrogens (primary N) is 1. The molecule has 0 aliphatic carbocycles. The number of carbonyl (C=O) groups is 2. The Bertz CT molecular complexity index is 1410. The number of hydrogen-bond acceptors (Lipinski definition) is 8. The molecule has 1 fully saturated rings. The third-order valence-corrected chi connectivity index (χ3v) is 6.58. The Morgan fingerprint density at radius 2 is 1.88 bits per heavy atom. The Morgan fingerprint density at radius 3 is 2.55 bits per heavy atom. The van der Waals surface area contributed by atoms with Crippen LogP contribution in [0.2, 0.25) is 0 Å². The molecule has 2 aromatic heterocycles. The van der Waals surface area contributed by atoms with E-state index >= 15 is 0 Å². The first-order chi connectivity index (χ1) is 19.3. The predicted molar refractivity (Wildman–Crippen MR) is 155 cm³/mol. The molecule has 1 aromatic carbocycles. The van der Waals surface area contributed by atoms with E-state index in [1.54, 1.807) is 0 Å². The Morgan fingerprint density at radius 1 is 1.18 bits per heavy atom. The smallest absolute Gasteiger partial charge is 0.295 e. The van der Waals surface area contributed by atoms with E-state index in [0.29, 0.717) is 32.7 Å². The van der Waals surface area contributed by atoms with Crippen LogP contribution in [0.15, 0.2) is 65.1 Å². The molecule has 0 atom stereocenters. The van der Waals surface area contributed by atoms with E-state index in [-0.39, 0.29) is 22.3 Å². The second kappa shape index (κ2) is 13.1. The molecule has 1 aliphatic heterocycles. The summed E-state index contributed by atoms with van der Waals surface area (Å²) in [7, 11) is 4.07. The summed E-state index contributed by atoms with van der Waals surface area (Å²) in [5.74, 6) is 4.78. The molecule has 1 aliphatic rings. The van der Waals surface area contributed by atoms with Crippen LogP contribution in [-0.2, 0) is 4.79 Å². The molecule has 3 N–H and O–H groups in total. The van der Waals surface area contributed by atoms with Gasteiger partial charge in [-0.1, -0.05) is 30.3 Å². The van der Waals surface area contributed by atoms with Crippen LogP contribution in [0.5, 0.6) is 0 Å². The van der Waals surface area contributed by atoms with Crippen LogP contribution in [0, 0.1) is 5.82 Å². The number of rotatable bonds is 10. The number of aliphatic imine (C=N–C) groups is 2. The molecule has 4 rings (SSSR count). The summed E-state index contributed by atoms with van der Waals surface area (Å²) in [6.07, 6.45) is 5.93. The number of piperazine rings is 1. The van der Waals surface area contributed by atoms with Gasteiger partial charge in [0.1, 0.15) is 5.84 Å². The zero-order chi connectivity index (χ0) is 28.6. The van der Waals surface area contributed by atoms with Crippen molar-refractivity contribution in [1.82, 2.24) is 24.7 Å². The van der Waals surface area contributed by atoms with E-state index in [2.05, 4.69) is 31.5 Å². The molecule has 1 saturated heterocycles. The molecule has 0 unspecified atom stereocenters. The van der Waals surface area contributed by atoms with E-state index in [0.717, 1.165) is 35.6 Å². The van der Waals surface area contributed by atoms with Crippen LogP contribution < -0.4 is 10.9 Å². The van der Waals surface area contributed by atoms with Crippen molar-refractivity contribution in [3.8, 4) is 0 Å². The number of benzene rings is 1. The van der Waals surface area contributed by atoms with Gasteiger partial charge in [-0.15, -0.1) is 0 Å². The number of aromatic nitrogens is 2. The molecule has 0 saturated carbocycles. The summed E-state index contributed by atoms with van der Waals surface area (Å²) in [6.45, 7) is 6.67. The molecule has 1 amide bonds. The van der Waals surface area contributed by atoms with Crippen LogP contribution in [0.3, 0.4) is 0 Å². The SMILES string of the molecule is C=N/C=C\N(N)c1ncc(F)c2c(C(=O)C(=O)N3CCN(/C(=N/CCCN(C)C)c4ccccc4)CC3)c[nH]c12. The number of Topliss-reactive ketones (excluding diaryl/α,β-unsaturated/α-hetero) is 1. The number of hydrazine groups is 1. The molecule has 0 radical (unpaired) electrons. The first-order valence-corrected chi connectivity index (χ1v) is 13.0. The minimum Gasteiger partial charge on any atom is -0.357 e. The third-order valence-electron chi connectivity index (χ3n) is 6.58. The number of pyridine rings is 1. The number of fused-ring (bicyclic) bond motifs is 1. The normalized spacial score (nSPS) is 14.4. The van der Waals surface area contributed by atoms with Crippen molar-refractivity contribution < 1.29 is 14.0 Å². The number of amidine groups is 1. The van der Waals surface area contributed by atoms with Crippen molar-refractivity contribution >= 4 is 41.0 Å². The predicted octanol–water partition coefficient (Wildman–Crippen LogP) is 2.28. The van der Waals surface area contributed by atoms with Crippen molar-refractivity contribution in [1.29, 1.82) is 0 Å². The summed E-state index contributed by atoms with van der Waals surface area (Å²) in [5, 5.41) is 1.07. The second-order valence-electron chi connectivity index (χ2n) is 9.61. The number of hydrogen-bond donors (Lipinski definition) is 2. The lowest BCUT2D eigenvalue weighted by atomic mass is 10.1. The van der Waals surface area contributed by atoms with E-state index in [1.165, 1.54) is 23.5 Å². The standard InChI is InChI=1S/C28H34FN9O2/c1-31-11-13-38(30)27-24-23(22(29)19-34-27)21(18-33-24)25(39)28(40)37-16-14-36(15-17-37)26(20-8-5-4-6-9-20)32-10-7-12-35(2)3/h4-6,8-9,11,13,18-19,33H,1,7,10,12,14-17,30H2,2-3H3/b13-11-,32-26+. The van der Waals surface area contributed by atoms with Gasteiger partial charge in [0, 0.05) is 56.9 Å². The minimum atomic E-state index is -0.803. The monoisotopic (exact) mass is 547 g/mol. The number of carbonyl (C=O) groups excluding carboxylic acids is 2. The number of nitrogens with zero attached hydrogens (tertiary/aromatic N) is 7. The fourth-order valence-corrected chi connectivity index (χ4v) is 4.57. The van der Waals surface area contributed by atoms with Gasteiger partial charge >= 0.3 is 0 Å². The van der Waals surface area contributed by atoms with Gasteiger partial charge in [-0.3, -0.25) is 24.6 Å². The number of anilines is 1. The van der Waals surface area contributed by atoms with Gasteiger partial charge in [-0.25, -0.2) is 15.2 Å². The number of aromatic amines is 1. The molecule has 0 bridgehead atoms. The lowest BCUT2D eigenvalue weighted by molar-refractivity contribution is -0.127. The topological polar surface area (TPSA) is 127 Å². The molecule has 12 heteroatoms. The van der Waals surface area contributed by atoms with Crippen molar-refractivity contribution in [2.75, 3.05) is 58.4 Å². The molecule has 3 heterocycles. The number of ketones is 1. The molecular formula is C28H34FN9O2. The van der Waals surface area contributed by atoms with Crippen LogP contribution in [0.25, 0.3) is 10.9 Å². The maximum Gasteiger partial charge on any atom is 0.295 e. The lowest BCUT2D eigenvalue weighted by Crippen LogP contribution is -2.52. The van der Waals surface area contributed by atoms with Crippen LogP contribution in [0.1, 0.15) is 22.3 Å². The van der Waals surface area contributed by atoms with Crippen LogP contribution >= 0.6 is 0 Å². The van der Waals surface area contributed by atoms with Crippen LogP contribution in [-0.4, -0.2) is 102 Å². The van der Waals surface area contributed by atoms with Gasteiger partial charge in [0.25, 0.3) is 11.7 Å². The molecular weight excluding hydrogens is 513 g/mol. The summed E-state index contributed by atoms with van der Waals surface area (Å²) in [6, 6.07) is 9.95. The maximum absolute atomic E-state index is 14.8. The Balaban J connectivity index is 1.49. The first kappa shape index (κ1) is 28.6. The number of halogens is 1. The highest BCUT2D eigenvalue weighted by Gasteiger charge is 2.31. The highest BCUT2D eigenvalue weighted by molar-refractivity contribution is 6.45. The Kier molecular flexibility index (Phi) is 9.35. The highest BCUT2D eigenvalue weighted by atomic mass is 19.1. The lowest BCUT2D eigenvalue weighted by Gasteiger charge is -2.36. The first-order valence-electron chi connectivity index (χ1n) is 13.0. The largest absolute Gasteiger partial charge is 0.357 e.